The highest BCUT2D eigenvalue weighted by Crippen LogP contribution is 2.38. The lowest BCUT2D eigenvalue weighted by molar-refractivity contribution is 0.102. The van der Waals surface area contributed by atoms with E-state index in [1.54, 1.807) is 18.3 Å². The van der Waals surface area contributed by atoms with E-state index >= 15 is 0 Å². The molecule has 2 atom stereocenters. The number of carbonyl (C=O) groups is 1. The van der Waals surface area contributed by atoms with Gasteiger partial charge in [0.1, 0.15) is 17.6 Å². The lowest BCUT2D eigenvalue weighted by atomic mass is 10.1. The van der Waals surface area contributed by atoms with Gasteiger partial charge in [0.2, 0.25) is 5.95 Å². The zero-order valence-corrected chi connectivity index (χ0v) is 18.2. The summed E-state index contributed by atoms with van der Waals surface area (Å²) < 4.78 is 12.0. The standard InChI is InChI=1S/C22H26N4O3S/c1-13(2)28-17-8-15(21(27)26-22-24-11-14(3)25-22)9-18(10-17)29-16-4-7-20(23-12-16)30-19-5-6-19/h5,8-13,16,20H,4,6-7H2,1-3H3,(H2,24,25,26,27). The number of allylic oxidation sites excluding steroid dienone is 2. The Bertz CT molecular complexity index is 983. The van der Waals surface area contributed by atoms with E-state index in [2.05, 4.69) is 26.4 Å². The molecule has 0 radical (unpaired) electrons. The van der Waals surface area contributed by atoms with Crippen LogP contribution in [0, 0.1) is 6.92 Å². The second-order valence-corrected chi connectivity index (χ2v) is 9.01. The van der Waals surface area contributed by atoms with E-state index in [-0.39, 0.29) is 23.5 Å². The molecule has 2 heterocycles. The quantitative estimate of drug-likeness (QED) is 0.638. The molecule has 1 amide bonds. The van der Waals surface area contributed by atoms with Gasteiger partial charge < -0.3 is 14.5 Å². The number of anilines is 1. The highest BCUT2D eigenvalue weighted by Gasteiger charge is 2.22. The first kappa shape index (κ1) is 20.5. The Balaban J connectivity index is 1.47. The first-order chi connectivity index (χ1) is 14.4. The van der Waals surface area contributed by atoms with Gasteiger partial charge in [0, 0.05) is 29.7 Å². The summed E-state index contributed by atoms with van der Waals surface area (Å²) in [6, 6.07) is 5.25. The molecule has 2 aromatic rings. The Morgan fingerprint density at radius 3 is 2.70 bits per heavy atom. The number of aromatic nitrogens is 2. The Hall–Kier alpha value is -2.74. The van der Waals surface area contributed by atoms with Gasteiger partial charge in [-0.05, 0) is 57.1 Å². The number of imidazole rings is 1. The number of aromatic amines is 1. The van der Waals surface area contributed by atoms with Crippen LogP contribution in [-0.4, -0.2) is 39.7 Å². The summed E-state index contributed by atoms with van der Waals surface area (Å²) in [6.07, 6.45) is 8.60. The predicted molar refractivity (Wildman–Crippen MR) is 120 cm³/mol. The Morgan fingerprint density at radius 1 is 1.27 bits per heavy atom. The van der Waals surface area contributed by atoms with Gasteiger partial charge >= 0.3 is 0 Å². The number of benzene rings is 1. The van der Waals surface area contributed by atoms with E-state index in [9.17, 15) is 4.79 Å². The molecule has 7 nitrogen and oxygen atoms in total. The van der Waals surface area contributed by atoms with Crippen LogP contribution < -0.4 is 14.8 Å². The maximum absolute atomic E-state index is 12.7. The Kier molecular flexibility index (Phi) is 6.13. The van der Waals surface area contributed by atoms with E-state index < -0.39 is 0 Å². The molecule has 30 heavy (non-hydrogen) atoms. The molecule has 1 aliphatic heterocycles. The van der Waals surface area contributed by atoms with Crippen LogP contribution in [0.2, 0.25) is 0 Å². The van der Waals surface area contributed by atoms with E-state index in [1.165, 1.54) is 4.91 Å². The number of amides is 1. The van der Waals surface area contributed by atoms with E-state index in [1.807, 2.05) is 44.8 Å². The summed E-state index contributed by atoms with van der Waals surface area (Å²) in [6.45, 7) is 5.77. The predicted octanol–water partition coefficient (Wildman–Crippen LogP) is 4.72. The van der Waals surface area contributed by atoms with Crippen LogP contribution in [-0.2, 0) is 0 Å². The van der Waals surface area contributed by atoms with E-state index in [0.717, 1.165) is 25.0 Å². The van der Waals surface area contributed by atoms with Crippen molar-refractivity contribution < 1.29 is 14.3 Å². The van der Waals surface area contributed by atoms with Crippen molar-refractivity contribution in [2.75, 3.05) is 5.32 Å². The van der Waals surface area contributed by atoms with Crippen molar-refractivity contribution in [3.63, 3.8) is 0 Å². The van der Waals surface area contributed by atoms with Gasteiger partial charge in [0.25, 0.3) is 5.91 Å². The lowest BCUT2D eigenvalue weighted by Crippen LogP contribution is -2.25. The van der Waals surface area contributed by atoms with Crippen LogP contribution in [0.25, 0.3) is 0 Å². The molecule has 0 spiro atoms. The van der Waals surface area contributed by atoms with Crippen molar-refractivity contribution in [3.05, 3.63) is 46.6 Å². The molecule has 1 aromatic heterocycles. The molecule has 2 unspecified atom stereocenters. The van der Waals surface area contributed by atoms with Gasteiger partial charge in [-0.3, -0.25) is 15.1 Å². The zero-order valence-electron chi connectivity index (χ0n) is 17.3. The molecule has 2 aliphatic rings. The monoisotopic (exact) mass is 426 g/mol. The maximum Gasteiger partial charge on any atom is 0.258 e. The summed E-state index contributed by atoms with van der Waals surface area (Å²) in [5.74, 6) is 1.30. The van der Waals surface area contributed by atoms with Crippen LogP contribution in [0.1, 0.15) is 49.2 Å². The third kappa shape index (κ3) is 5.66. The van der Waals surface area contributed by atoms with Gasteiger partial charge in [-0.2, -0.15) is 0 Å². The Labute approximate surface area is 180 Å². The molecule has 8 heteroatoms. The van der Waals surface area contributed by atoms with Gasteiger partial charge in [0.05, 0.1) is 11.5 Å². The zero-order chi connectivity index (χ0) is 21.1. The van der Waals surface area contributed by atoms with Gasteiger partial charge in [0.15, 0.2) is 0 Å². The fourth-order valence-electron chi connectivity index (χ4n) is 3.08. The second-order valence-electron chi connectivity index (χ2n) is 7.71. The number of aryl methyl sites for hydroxylation is 1. The number of carbonyl (C=O) groups excluding carboxylic acids is 1. The van der Waals surface area contributed by atoms with Crippen molar-refractivity contribution in [1.82, 2.24) is 9.97 Å². The van der Waals surface area contributed by atoms with Crippen molar-refractivity contribution in [2.45, 2.75) is 57.6 Å². The minimum absolute atomic E-state index is 0.0189. The van der Waals surface area contributed by atoms with Gasteiger partial charge in [-0.25, -0.2) is 4.98 Å². The smallest absolute Gasteiger partial charge is 0.258 e. The number of H-pyrrole nitrogens is 1. The molecule has 4 rings (SSSR count). The first-order valence-electron chi connectivity index (χ1n) is 10.1. The van der Waals surface area contributed by atoms with Gasteiger partial charge in [-0.1, -0.05) is 6.08 Å². The summed E-state index contributed by atoms with van der Waals surface area (Å²) >= 11 is 1.84. The summed E-state index contributed by atoms with van der Waals surface area (Å²) in [7, 11) is 0. The number of rotatable bonds is 8. The van der Waals surface area contributed by atoms with Crippen LogP contribution in [0.4, 0.5) is 5.95 Å². The van der Waals surface area contributed by atoms with Crippen LogP contribution in [0.5, 0.6) is 11.5 Å². The Morgan fingerprint density at radius 2 is 2.07 bits per heavy atom. The SMILES string of the molecule is Cc1cnc(NC(=O)c2cc(OC(C)C)cc(OC3C=NC(SC4=CC4)CC3)c2)[nH]1. The average Bonchev–Trinajstić information content (AvgIpc) is 3.42. The first-order valence-corrected chi connectivity index (χ1v) is 11.0. The molecule has 158 valence electrons. The van der Waals surface area contributed by atoms with Crippen LogP contribution >= 0.6 is 11.8 Å². The number of thioether (sulfide) groups is 1. The minimum atomic E-state index is -0.283. The largest absolute Gasteiger partial charge is 0.491 e. The summed E-state index contributed by atoms with van der Waals surface area (Å²) in [4.78, 5) is 25.9. The third-order valence-corrected chi connectivity index (χ3v) is 5.78. The van der Waals surface area contributed by atoms with E-state index in [0.29, 0.717) is 23.0 Å². The summed E-state index contributed by atoms with van der Waals surface area (Å²) in [5.41, 5.74) is 1.32. The number of nitrogens with zero attached hydrogens (tertiary/aromatic N) is 2. The molecular weight excluding hydrogens is 400 g/mol. The molecule has 2 N–H and O–H groups in total. The number of aliphatic imine (C=N–C) groups is 1. The third-order valence-electron chi connectivity index (χ3n) is 4.51. The molecule has 0 bridgehead atoms. The number of nitrogens with one attached hydrogen (secondary N) is 2. The van der Waals surface area contributed by atoms with Gasteiger partial charge in [-0.15, -0.1) is 11.8 Å². The molecular formula is C22H26N4O3S. The molecule has 0 saturated heterocycles. The fraction of sp³-hybridized carbons (Fsp3) is 0.409. The van der Waals surface area contributed by atoms with Crippen LogP contribution in [0.15, 0.2) is 40.4 Å². The second kappa shape index (κ2) is 8.95. The summed E-state index contributed by atoms with van der Waals surface area (Å²) in [5, 5.41) is 3.05. The number of ether oxygens (including phenoxy) is 2. The number of hydrogen-bond donors (Lipinski definition) is 2. The molecule has 0 fully saturated rings. The number of hydrogen-bond acceptors (Lipinski definition) is 6. The van der Waals surface area contributed by atoms with Crippen LogP contribution in [0.3, 0.4) is 0 Å². The average molecular weight is 427 g/mol. The van der Waals surface area contributed by atoms with Crippen molar-refractivity contribution in [2.24, 2.45) is 4.99 Å². The van der Waals surface area contributed by atoms with Crippen molar-refractivity contribution in [1.29, 1.82) is 0 Å². The fourth-order valence-corrected chi connectivity index (χ4v) is 4.09. The maximum atomic E-state index is 12.7. The lowest BCUT2D eigenvalue weighted by Gasteiger charge is -2.23. The minimum Gasteiger partial charge on any atom is -0.491 e. The molecule has 1 aliphatic carbocycles. The molecule has 1 aromatic carbocycles. The topological polar surface area (TPSA) is 88.6 Å². The normalized spacial score (nSPS) is 20.1. The highest BCUT2D eigenvalue weighted by atomic mass is 32.2. The van der Waals surface area contributed by atoms with Crippen molar-refractivity contribution in [3.8, 4) is 11.5 Å². The van der Waals surface area contributed by atoms with E-state index in [4.69, 9.17) is 9.47 Å². The highest BCUT2D eigenvalue weighted by molar-refractivity contribution is 8.03. The molecule has 0 saturated carbocycles. The van der Waals surface area contributed by atoms with Crippen molar-refractivity contribution >= 4 is 29.8 Å².